The van der Waals surface area contributed by atoms with Crippen LogP contribution in [0.4, 0.5) is 5.69 Å². The molecule has 4 aromatic rings. The Hall–Kier alpha value is -4.51. The summed E-state index contributed by atoms with van der Waals surface area (Å²) in [6, 6.07) is 28.8. The van der Waals surface area contributed by atoms with Gasteiger partial charge in [-0.15, -0.1) is 0 Å². The maximum Gasteiger partial charge on any atom is 0.271 e. The van der Waals surface area contributed by atoms with E-state index in [0.29, 0.717) is 12.1 Å². The lowest BCUT2D eigenvalue weighted by molar-refractivity contribution is 0.0953. The summed E-state index contributed by atoms with van der Waals surface area (Å²) in [6.45, 7) is 0.441. The van der Waals surface area contributed by atoms with Gasteiger partial charge in [0.15, 0.2) is 0 Å². The number of carbonyl (C=O) groups is 2. The molecule has 0 unspecified atom stereocenters. The van der Waals surface area contributed by atoms with Crippen molar-refractivity contribution < 1.29 is 9.59 Å². The lowest BCUT2D eigenvalue weighted by Gasteiger charge is -2.18. The maximum absolute atomic E-state index is 13.0. The van der Waals surface area contributed by atoms with Gasteiger partial charge in [0, 0.05) is 22.7 Å². The fourth-order valence-corrected chi connectivity index (χ4v) is 4.00. The van der Waals surface area contributed by atoms with Gasteiger partial charge in [0.25, 0.3) is 11.8 Å². The number of nitrogens with one attached hydrogen (secondary N) is 1. The van der Waals surface area contributed by atoms with Gasteiger partial charge in [0.2, 0.25) is 0 Å². The van der Waals surface area contributed by atoms with Crippen molar-refractivity contribution in [3.63, 3.8) is 0 Å². The molecular weight excluding hydrogens is 410 g/mol. The highest BCUT2D eigenvalue weighted by atomic mass is 16.2. The molecule has 0 bridgehead atoms. The highest BCUT2D eigenvalue weighted by Gasteiger charge is 2.29. The van der Waals surface area contributed by atoms with E-state index in [1.165, 1.54) is 6.21 Å². The minimum absolute atomic E-state index is 0.00140. The molecule has 0 aromatic heterocycles. The van der Waals surface area contributed by atoms with Crippen LogP contribution in [-0.2, 0) is 6.54 Å². The molecular formula is C28H21N3O2. The number of hydrazone groups is 1. The zero-order valence-electron chi connectivity index (χ0n) is 17.8. The molecule has 5 rings (SSSR count). The summed E-state index contributed by atoms with van der Waals surface area (Å²) in [5, 5.41) is 6.02. The van der Waals surface area contributed by atoms with E-state index >= 15 is 0 Å². The molecule has 4 aromatic carbocycles. The first-order chi connectivity index (χ1) is 16.2. The molecule has 2 amide bonds. The molecule has 0 fully saturated rings. The molecule has 33 heavy (non-hydrogen) atoms. The Balaban J connectivity index is 1.23. The van der Waals surface area contributed by atoms with E-state index < -0.39 is 0 Å². The molecule has 0 radical (unpaired) electrons. The monoisotopic (exact) mass is 431 g/mol. The van der Waals surface area contributed by atoms with Crippen LogP contribution in [0, 0.1) is 0 Å². The van der Waals surface area contributed by atoms with Crippen LogP contribution in [0.25, 0.3) is 16.8 Å². The zero-order chi connectivity index (χ0) is 22.6. The maximum atomic E-state index is 13.0. The highest BCUT2D eigenvalue weighted by Crippen LogP contribution is 2.37. The number of amides is 2. The molecule has 0 spiro atoms. The first-order valence-corrected chi connectivity index (χ1v) is 10.7. The Kier molecular flexibility index (Phi) is 5.52. The van der Waals surface area contributed by atoms with Crippen LogP contribution < -0.4 is 10.3 Å². The zero-order valence-corrected chi connectivity index (χ0v) is 17.8. The van der Waals surface area contributed by atoms with E-state index in [0.717, 1.165) is 33.2 Å². The number of rotatable bonds is 6. The van der Waals surface area contributed by atoms with Crippen LogP contribution in [0.5, 0.6) is 0 Å². The summed E-state index contributed by atoms with van der Waals surface area (Å²) < 4.78 is 0. The molecule has 1 N–H and O–H groups in total. The smallest absolute Gasteiger partial charge is 0.271 e. The van der Waals surface area contributed by atoms with E-state index in [1.807, 2.05) is 84.9 Å². The molecule has 0 atom stereocenters. The number of benzene rings is 4. The number of carbonyl (C=O) groups excluding carboxylic acids is 2. The summed E-state index contributed by atoms with van der Waals surface area (Å²) in [5.74, 6) is -0.290. The van der Waals surface area contributed by atoms with Crippen molar-refractivity contribution in [2.75, 3.05) is 4.90 Å². The third-order valence-corrected chi connectivity index (χ3v) is 5.62. The average molecular weight is 431 g/mol. The number of nitrogens with zero attached hydrogens (tertiary/aromatic N) is 2. The van der Waals surface area contributed by atoms with Gasteiger partial charge in [-0.25, -0.2) is 5.43 Å². The Morgan fingerprint density at radius 1 is 0.879 bits per heavy atom. The number of hydrogen-bond donors (Lipinski definition) is 1. The van der Waals surface area contributed by atoms with Crippen LogP contribution in [-0.4, -0.2) is 18.0 Å². The molecule has 5 heteroatoms. The topological polar surface area (TPSA) is 61.8 Å². The molecule has 1 aliphatic heterocycles. The van der Waals surface area contributed by atoms with Gasteiger partial charge < -0.3 is 4.90 Å². The molecule has 0 saturated heterocycles. The van der Waals surface area contributed by atoms with Crippen molar-refractivity contribution in [2.24, 2.45) is 5.10 Å². The molecule has 5 nitrogen and oxygen atoms in total. The second-order valence-electron chi connectivity index (χ2n) is 7.76. The number of hydrogen-bond acceptors (Lipinski definition) is 3. The molecule has 0 aliphatic carbocycles. The normalized spacial score (nSPS) is 12.8. The van der Waals surface area contributed by atoms with Crippen molar-refractivity contribution in [1.82, 2.24) is 5.43 Å². The SMILES string of the molecule is O=C(NN=CC=Cc1ccccc1)c1ccc(CN2C(=O)c3cccc4cccc2c34)cc1. The van der Waals surface area contributed by atoms with Gasteiger partial charge in [0.05, 0.1) is 12.2 Å². The first kappa shape index (κ1) is 20.4. The standard InChI is InChI=1S/C28H21N3O2/c32-27(30-29-18-6-9-20-7-2-1-3-8-20)23-16-14-21(15-17-23)19-31-25-13-5-11-22-10-4-12-24(26(22)25)28(31)33/h1-18H,19H2,(H,30,32). The lowest BCUT2D eigenvalue weighted by Crippen LogP contribution is -2.26. The average Bonchev–Trinajstić information content (AvgIpc) is 3.13. The van der Waals surface area contributed by atoms with Gasteiger partial charge in [0.1, 0.15) is 0 Å². The van der Waals surface area contributed by atoms with Crippen molar-refractivity contribution in [1.29, 1.82) is 0 Å². The quantitative estimate of drug-likeness (QED) is 0.327. The summed E-state index contributed by atoms with van der Waals surface area (Å²) in [4.78, 5) is 27.1. The van der Waals surface area contributed by atoms with Gasteiger partial charge in [-0.2, -0.15) is 5.10 Å². The van der Waals surface area contributed by atoms with E-state index in [4.69, 9.17) is 0 Å². The Labute approximate surface area is 191 Å². The summed E-state index contributed by atoms with van der Waals surface area (Å²) >= 11 is 0. The highest BCUT2D eigenvalue weighted by molar-refractivity contribution is 6.24. The van der Waals surface area contributed by atoms with Crippen LogP contribution >= 0.6 is 0 Å². The molecule has 0 saturated carbocycles. The Bertz CT molecular complexity index is 1380. The fraction of sp³-hybridized carbons (Fsp3) is 0.0357. The predicted molar refractivity (Wildman–Crippen MR) is 132 cm³/mol. The first-order valence-electron chi connectivity index (χ1n) is 10.7. The number of allylic oxidation sites excluding steroid dienone is 1. The Morgan fingerprint density at radius 2 is 1.64 bits per heavy atom. The predicted octanol–water partition coefficient (Wildman–Crippen LogP) is 5.43. The van der Waals surface area contributed by atoms with Crippen molar-refractivity contribution in [2.45, 2.75) is 6.54 Å². The minimum atomic E-state index is -0.291. The van der Waals surface area contributed by atoms with Crippen LogP contribution in [0.1, 0.15) is 31.8 Å². The summed E-state index contributed by atoms with van der Waals surface area (Å²) in [7, 11) is 0. The van der Waals surface area contributed by atoms with E-state index in [1.54, 1.807) is 23.1 Å². The molecule has 160 valence electrons. The minimum Gasteiger partial charge on any atom is -0.303 e. The second kappa shape index (κ2) is 8.93. The van der Waals surface area contributed by atoms with Gasteiger partial charge >= 0.3 is 0 Å². The fourth-order valence-electron chi connectivity index (χ4n) is 4.00. The number of anilines is 1. The van der Waals surface area contributed by atoms with Crippen molar-refractivity contribution in [3.8, 4) is 0 Å². The molecule has 1 aliphatic rings. The van der Waals surface area contributed by atoms with Gasteiger partial charge in [-0.3, -0.25) is 9.59 Å². The Morgan fingerprint density at radius 3 is 2.42 bits per heavy atom. The van der Waals surface area contributed by atoms with Gasteiger partial charge in [-0.05, 0) is 46.9 Å². The van der Waals surface area contributed by atoms with Crippen LogP contribution in [0.15, 0.2) is 102 Å². The van der Waals surface area contributed by atoms with E-state index in [2.05, 4.69) is 10.5 Å². The second-order valence-corrected chi connectivity index (χ2v) is 7.76. The van der Waals surface area contributed by atoms with E-state index in [-0.39, 0.29) is 11.8 Å². The van der Waals surface area contributed by atoms with E-state index in [9.17, 15) is 9.59 Å². The molecule has 1 heterocycles. The summed E-state index contributed by atoms with van der Waals surface area (Å²) in [6.07, 6.45) is 5.21. The van der Waals surface area contributed by atoms with Gasteiger partial charge in [-0.1, -0.05) is 72.8 Å². The largest absolute Gasteiger partial charge is 0.303 e. The van der Waals surface area contributed by atoms with Crippen molar-refractivity contribution >= 4 is 40.6 Å². The lowest BCUT2D eigenvalue weighted by atomic mass is 10.1. The van der Waals surface area contributed by atoms with Crippen LogP contribution in [0.2, 0.25) is 0 Å². The third-order valence-electron chi connectivity index (χ3n) is 5.62. The van der Waals surface area contributed by atoms with Crippen molar-refractivity contribution in [3.05, 3.63) is 119 Å². The third kappa shape index (κ3) is 4.16. The summed E-state index contributed by atoms with van der Waals surface area (Å²) in [5.41, 5.74) is 6.68. The van der Waals surface area contributed by atoms with Crippen LogP contribution in [0.3, 0.4) is 0 Å².